The van der Waals surface area contributed by atoms with Gasteiger partial charge in [0.25, 0.3) is 5.91 Å². The molecule has 9 nitrogen and oxygen atoms in total. The number of pyridine rings is 1. The molecule has 0 bridgehead atoms. The zero-order chi connectivity index (χ0) is 21.5. The Morgan fingerprint density at radius 1 is 1.43 bits per heavy atom. The number of hydrogen-bond acceptors (Lipinski definition) is 7. The first-order valence-corrected chi connectivity index (χ1v) is 9.04. The number of hydrogen-bond donors (Lipinski definition) is 2. The highest BCUT2D eigenvalue weighted by atomic mass is 19.1. The number of nitrogens with two attached hydrogens (primary N) is 1. The molecular weight excluding hydrogens is 391 g/mol. The van der Waals surface area contributed by atoms with Crippen LogP contribution in [0.25, 0.3) is 0 Å². The lowest BCUT2D eigenvalue weighted by molar-refractivity contribution is -0.133. The Hall–Kier alpha value is -3.84. The van der Waals surface area contributed by atoms with Crippen LogP contribution < -0.4 is 11.1 Å². The molecule has 3 N–H and O–H groups in total. The van der Waals surface area contributed by atoms with Crippen LogP contribution in [0.3, 0.4) is 0 Å². The zero-order valence-corrected chi connectivity index (χ0v) is 15.9. The van der Waals surface area contributed by atoms with E-state index in [0.29, 0.717) is 11.3 Å². The first kappa shape index (κ1) is 19.5. The fraction of sp³-hybridized carbons (Fsp3) is 0.250. The van der Waals surface area contributed by atoms with E-state index in [0.717, 1.165) is 0 Å². The monoisotopic (exact) mass is 408 g/mol. The third kappa shape index (κ3) is 3.05. The van der Waals surface area contributed by atoms with E-state index in [1.54, 1.807) is 0 Å². The standard InChI is InChI=1S/C20H17FN6O3/c1-27-18(29)14-9-30-10-20(14,26-19(27)23)13-6-12(3-4-15(13)21)25-17(28)16-5-2-11(7-22)8-24-16/h2-6,8,14H,9-10H2,1H3,(H2,23,26)(H,25,28). The van der Waals surface area contributed by atoms with Gasteiger partial charge in [-0.15, -0.1) is 0 Å². The van der Waals surface area contributed by atoms with E-state index in [1.807, 2.05) is 6.07 Å². The Bertz CT molecular complexity index is 1110. The van der Waals surface area contributed by atoms with E-state index in [-0.39, 0.29) is 36.3 Å². The van der Waals surface area contributed by atoms with Gasteiger partial charge in [-0.25, -0.2) is 14.4 Å². The number of carbonyl (C=O) groups is 2. The van der Waals surface area contributed by atoms with Gasteiger partial charge < -0.3 is 15.8 Å². The Morgan fingerprint density at radius 2 is 2.23 bits per heavy atom. The summed E-state index contributed by atoms with van der Waals surface area (Å²) in [5, 5.41) is 11.5. The molecule has 3 heterocycles. The number of aromatic nitrogens is 1. The average molecular weight is 408 g/mol. The fourth-order valence-electron chi connectivity index (χ4n) is 3.63. The molecule has 4 rings (SSSR count). The molecule has 2 aliphatic heterocycles. The molecule has 2 atom stereocenters. The van der Waals surface area contributed by atoms with Crippen molar-refractivity contribution in [3.8, 4) is 6.07 Å². The van der Waals surface area contributed by atoms with E-state index >= 15 is 0 Å². The normalized spacial score (nSPS) is 22.8. The lowest BCUT2D eigenvalue weighted by atomic mass is 9.78. The molecule has 1 aromatic heterocycles. The molecule has 0 spiro atoms. The number of nitriles is 1. The van der Waals surface area contributed by atoms with Gasteiger partial charge in [0.2, 0.25) is 5.91 Å². The van der Waals surface area contributed by atoms with Crippen molar-refractivity contribution >= 4 is 23.5 Å². The number of amides is 2. The van der Waals surface area contributed by atoms with Crippen LogP contribution in [0, 0.1) is 23.1 Å². The van der Waals surface area contributed by atoms with Crippen molar-refractivity contribution in [1.29, 1.82) is 5.26 Å². The van der Waals surface area contributed by atoms with Crippen molar-refractivity contribution in [3.05, 3.63) is 59.2 Å². The largest absolute Gasteiger partial charge is 0.378 e. The summed E-state index contributed by atoms with van der Waals surface area (Å²) in [5.74, 6) is -2.19. The van der Waals surface area contributed by atoms with Crippen LogP contribution >= 0.6 is 0 Å². The van der Waals surface area contributed by atoms with Crippen LogP contribution in [0.15, 0.2) is 41.5 Å². The number of benzene rings is 1. The molecule has 1 aromatic carbocycles. The maximum absolute atomic E-state index is 14.8. The number of anilines is 1. The number of nitrogens with zero attached hydrogens (tertiary/aromatic N) is 4. The second kappa shape index (κ2) is 7.20. The summed E-state index contributed by atoms with van der Waals surface area (Å²) in [6.45, 7) is 0.0780. The molecule has 2 unspecified atom stereocenters. The number of ether oxygens (including phenoxy) is 1. The number of guanidine groups is 1. The summed E-state index contributed by atoms with van der Waals surface area (Å²) in [7, 11) is 1.50. The fourth-order valence-corrected chi connectivity index (χ4v) is 3.63. The molecule has 30 heavy (non-hydrogen) atoms. The van der Waals surface area contributed by atoms with Gasteiger partial charge >= 0.3 is 0 Å². The van der Waals surface area contributed by atoms with Gasteiger partial charge in [-0.3, -0.25) is 14.5 Å². The third-order valence-electron chi connectivity index (χ3n) is 5.29. The van der Waals surface area contributed by atoms with E-state index in [2.05, 4.69) is 15.3 Å². The highest BCUT2D eigenvalue weighted by Gasteiger charge is 2.54. The van der Waals surface area contributed by atoms with Crippen molar-refractivity contribution in [2.45, 2.75) is 5.54 Å². The molecule has 152 valence electrons. The van der Waals surface area contributed by atoms with Crippen LogP contribution in [-0.4, -0.2) is 47.9 Å². The summed E-state index contributed by atoms with van der Waals surface area (Å²) >= 11 is 0. The van der Waals surface area contributed by atoms with E-state index in [4.69, 9.17) is 15.7 Å². The van der Waals surface area contributed by atoms with Crippen molar-refractivity contribution in [1.82, 2.24) is 9.88 Å². The first-order valence-electron chi connectivity index (χ1n) is 9.04. The number of nitrogens with one attached hydrogen (secondary N) is 1. The summed E-state index contributed by atoms with van der Waals surface area (Å²) in [4.78, 5) is 34.7. The lowest BCUT2D eigenvalue weighted by Crippen LogP contribution is -2.54. The van der Waals surface area contributed by atoms with Crippen molar-refractivity contribution < 1.29 is 18.7 Å². The molecule has 0 aliphatic carbocycles. The van der Waals surface area contributed by atoms with Crippen LogP contribution in [0.5, 0.6) is 0 Å². The summed E-state index contributed by atoms with van der Waals surface area (Å²) < 4.78 is 20.3. The van der Waals surface area contributed by atoms with Crippen molar-refractivity contribution in [2.24, 2.45) is 16.6 Å². The molecule has 0 saturated carbocycles. The molecule has 1 saturated heterocycles. The number of halogens is 1. The maximum atomic E-state index is 14.8. The topological polar surface area (TPSA) is 134 Å². The predicted molar refractivity (Wildman–Crippen MR) is 104 cm³/mol. The lowest BCUT2D eigenvalue weighted by Gasteiger charge is -2.37. The Kier molecular flexibility index (Phi) is 4.67. The van der Waals surface area contributed by atoms with Gasteiger partial charge in [0.05, 0.1) is 24.7 Å². The summed E-state index contributed by atoms with van der Waals surface area (Å²) in [6, 6.07) is 8.82. The van der Waals surface area contributed by atoms with Crippen LogP contribution in [0.2, 0.25) is 0 Å². The second-order valence-electron chi connectivity index (χ2n) is 7.05. The van der Waals surface area contributed by atoms with E-state index in [1.165, 1.54) is 48.5 Å². The van der Waals surface area contributed by atoms with E-state index < -0.39 is 23.2 Å². The minimum atomic E-state index is -1.30. The Morgan fingerprint density at radius 3 is 2.93 bits per heavy atom. The molecule has 0 radical (unpaired) electrons. The van der Waals surface area contributed by atoms with Gasteiger partial charge in [0.15, 0.2) is 5.96 Å². The zero-order valence-electron chi connectivity index (χ0n) is 15.9. The van der Waals surface area contributed by atoms with Crippen molar-refractivity contribution in [2.75, 3.05) is 25.6 Å². The Labute approximate surface area is 171 Å². The van der Waals surface area contributed by atoms with Gasteiger partial charge in [-0.05, 0) is 30.3 Å². The SMILES string of the molecule is CN1C(=O)C2COCC2(c2cc(NC(=O)c3ccc(C#N)cn3)ccc2F)N=C1N. The van der Waals surface area contributed by atoms with Gasteiger partial charge in [0, 0.05) is 24.5 Å². The highest BCUT2D eigenvalue weighted by molar-refractivity contribution is 6.03. The second-order valence-corrected chi connectivity index (χ2v) is 7.05. The van der Waals surface area contributed by atoms with Gasteiger partial charge in [-0.1, -0.05) is 0 Å². The minimum Gasteiger partial charge on any atom is -0.378 e. The van der Waals surface area contributed by atoms with Crippen LogP contribution in [0.4, 0.5) is 10.1 Å². The smallest absolute Gasteiger partial charge is 0.274 e. The summed E-state index contributed by atoms with van der Waals surface area (Å²) in [5.41, 5.74) is 5.41. The quantitative estimate of drug-likeness (QED) is 0.777. The number of aliphatic imine (C=N–C) groups is 1. The van der Waals surface area contributed by atoms with Crippen molar-refractivity contribution in [3.63, 3.8) is 0 Å². The maximum Gasteiger partial charge on any atom is 0.274 e. The first-order chi connectivity index (χ1) is 14.4. The molecule has 2 aliphatic rings. The van der Waals surface area contributed by atoms with Crippen LogP contribution in [-0.2, 0) is 15.1 Å². The molecule has 2 aromatic rings. The molecule has 10 heteroatoms. The van der Waals surface area contributed by atoms with Crippen LogP contribution in [0.1, 0.15) is 21.6 Å². The predicted octanol–water partition coefficient (Wildman–Crippen LogP) is 0.973. The average Bonchev–Trinajstić information content (AvgIpc) is 3.18. The third-order valence-corrected chi connectivity index (χ3v) is 5.29. The van der Waals surface area contributed by atoms with E-state index in [9.17, 15) is 14.0 Å². The minimum absolute atomic E-state index is 0.0105. The van der Waals surface area contributed by atoms with Gasteiger partial charge in [0.1, 0.15) is 23.1 Å². The Balaban J connectivity index is 1.69. The number of fused-ring (bicyclic) bond motifs is 1. The van der Waals surface area contributed by atoms with Gasteiger partial charge in [-0.2, -0.15) is 5.26 Å². The molecule has 1 fully saturated rings. The molecular formula is C20H17FN6O3. The highest BCUT2D eigenvalue weighted by Crippen LogP contribution is 2.44. The number of rotatable bonds is 3. The molecule has 2 amide bonds. The number of carbonyl (C=O) groups excluding carboxylic acids is 2. The summed E-state index contributed by atoms with van der Waals surface area (Å²) in [6.07, 6.45) is 1.28.